The van der Waals surface area contributed by atoms with Crippen LogP contribution in [0.15, 0.2) is 0 Å². The molecule has 72 valence electrons. The average molecular weight is 171 g/mol. The minimum absolute atomic E-state index is 0.165. The molecular weight excluding hydrogens is 150 g/mol. The first-order valence-electron chi connectivity index (χ1n) is 4.99. The Morgan fingerprint density at radius 2 is 2.00 bits per heavy atom. The third-order valence-electron chi connectivity index (χ3n) is 2.48. The van der Waals surface area contributed by atoms with Crippen molar-refractivity contribution in [2.75, 3.05) is 13.2 Å². The second kappa shape index (κ2) is 4.24. The van der Waals surface area contributed by atoms with Crippen molar-refractivity contribution in [2.24, 2.45) is 11.7 Å². The van der Waals surface area contributed by atoms with Gasteiger partial charge in [0.05, 0.1) is 0 Å². The highest BCUT2D eigenvalue weighted by Gasteiger charge is 2.37. The summed E-state index contributed by atoms with van der Waals surface area (Å²) in [4.78, 5) is 0. The molecule has 0 aromatic heterocycles. The van der Waals surface area contributed by atoms with E-state index < -0.39 is 0 Å². The van der Waals surface area contributed by atoms with Crippen molar-refractivity contribution in [2.45, 2.75) is 45.1 Å². The largest absolute Gasteiger partial charge is 0.381 e. The molecule has 0 heterocycles. The molecule has 0 unspecified atom stereocenters. The lowest BCUT2D eigenvalue weighted by Crippen LogP contribution is -2.23. The Hall–Kier alpha value is -0.0800. The van der Waals surface area contributed by atoms with Crippen LogP contribution in [0.3, 0.4) is 0 Å². The molecule has 1 fully saturated rings. The molecule has 2 nitrogen and oxygen atoms in total. The van der Waals surface area contributed by atoms with E-state index in [0.29, 0.717) is 0 Å². The van der Waals surface area contributed by atoms with Gasteiger partial charge in [-0.25, -0.2) is 0 Å². The van der Waals surface area contributed by atoms with Gasteiger partial charge in [0.2, 0.25) is 0 Å². The van der Waals surface area contributed by atoms with Crippen molar-refractivity contribution in [3.63, 3.8) is 0 Å². The lowest BCUT2D eigenvalue weighted by molar-refractivity contribution is 0.115. The molecule has 0 saturated heterocycles. The van der Waals surface area contributed by atoms with Crippen LogP contribution in [0.5, 0.6) is 0 Å². The van der Waals surface area contributed by atoms with Crippen molar-refractivity contribution < 1.29 is 4.74 Å². The summed E-state index contributed by atoms with van der Waals surface area (Å²) in [5, 5.41) is 0. The highest BCUT2D eigenvalue weighted by molar-refractivity contribution is 4.98. The first-order chi connectivity index (χ1) is 5.62. The summed E-state index contributed by atoms with van der Waals surface area (Å²) >= 11 is 0. The molecule has 1 aliphatic rings. The summed E-state index contributed by atoms with van der Waals surface area (Å²) < 4.78 is 5.48. The zero-order valence-electron chi connectivity index (χ0n) is 8.31. The highest BCUT2D eigenvalue weighted by Crippen LogP contribution is 2.35. The van der Waals surface area contributed by atoms with E-state index in [1.165, 1.54) is 12.8 Å². The molecular formula is C10H21NO. The van der Waals surface area contributed by atoms with Gasteiger partial charge in [-0.15, -0.1) is 0 Å². The van der Waals surface area contributed by atoms with E-state index in [0.717, 1.165) is 32.0 Å². The van der Waals surface area contributed by atoms with E-state index in [1.54, 1.807) is 0 Å². The quantitative estimate of drug-likeness (QED) is 0.620. The fourth-order valence-electron chi connectivity index (χ4n) is 1.11. The van der Waals surface area contributed by atoms with Crippen LogP contribution in [0.2, 0.25) is 0 Å². The maximum absolute atomic E-state index is 5.91. The SMILES string of the molecule is CC(C)CCOCCC1(N)CC1. The van der Waals surface area contributed by atoms with Gasteiger partial charge in [0, 0.05) is 18.8 Å². The topological polar surface area (TPSA) is 35.2 Å². The van der Waals surface area contributed by atoms with E-state index in [2.05, 4.69) is 13.8 Å². The van der Waals surface area contributed by atoms with Gasteiger partial charge in [0.1, 0.15) is 0 Å². The van der Waals surface area contributed by atoms with Crippen LogP contribution in [0, 0.1) is 5.92 Å². The molecule has 12 heavy (non-hydrogen) atoms. The monoisotopic (exact) mass is 171 g/mol. The normalized spacial score (nSPS) is 20.0. The van der Waals surface area contributed by atoms with Crippen molar-refractivity contribution in [1.29, 1.82) is 0 Å². The van der Waals surface area contributed by atoms with Gasteiger partial charge < -0.3 is 10.5 Å². The Morgan fingerprint density at radius 1 is 1.33 bits per heavy atom. The lowest BCUT2D eigenvalue weighted by atomic mass is 10.1. The van der Waals surface area contributed by atoms with Crippen LogP contribution in [-0.2, 0) is 4.74 Å². The fourth-order valence-corrected chi connectivity index (χ4v) is 1.11. The van der Waals surface area contributed by atoms with E-state index in [4.69, 9.17) is 10.5 Å². The van der Waals surface area contributed by atoms with Gasteiger partial charge in [-0.05, 0) is 31.6 Å². The molecule has 0 amide bonds. The van der Waals surface area contributed by atoms with E-state index in [1.807, 2.05) is 0 Å². The number of nitrogens with two attached hydrogens (primary N) is 1. The predicted octanol–water partition coefficient (Wildman–Crippen LogP) is 1.93. The van der Waals surface area contributed by atoms with Gasteiger partial charge >= 0.3 is 0 Å². The minimum atomic E-state index is 0.165. The maximum Gasteiger partial charge on any atom is 0.0483 e. The molecule has 1 rings (SSSR count). The molecule has 0 bridgehead atoms. The van der Waals surface area contributed by atoms with Crippen LogP contribution in [0.1, 0.15) is 39.5 Å². The van der Waals surface area contributed by atoms with Crippen LogP contribution >= 0.6 is 0 Å². The second-order valence-electron chi connectivity index (χ2n) is 4.41. The third-order valence-corrected chi connectivity index (χ3v) is 2.48. The summed E-state index contributed by atoms with van der Waals surface area (Å²) in [5.41, 5.74) is 6.07. The summed E-state index contributed by atoms with van der Waals surface area (Å²) in [7, 11) is 0. The minimum Gasteiger partial charge on any atom is -0.381 e. The van der Waals surface area contributed by atoms with Crippen LogP contribution in [0.4, 0.5) is 0 Å². The van der Waals surface area contributed by atoms with E-state index in [-0.39, 0.29) is 5.54 Å². The summed E-state index contributed by atoms with van der Waals surface area (Å²) in [6.07, 6.45) is 4.60. The van der Waals surface area contributed by atoms with Gasteiger partial charge in [-0.1, -0.05) is 13.8 Å². The van der Waals surface area contributed by atoms with Crippen molar-refractivity contribution in [3.05, 3.63) is 0 Å². The molecule has 0 aromatic carbocycles. The molecule has 0 aromatic rings. The van der Waals surface area contributed by atoms with Gasteiger partial charge in [-0.2, -0.15) is 0 Å². The summed E-state index contributed by atoms with van der Waals surface area (Å²) in [6, 6.07) is 0. The molecule has 0 radical (unpaired) electrons. The zero-order valence-corrected chi connectivity index (χ0v) is 8.31. The first kappa shape index (κ1) is 10.0. The van der Waals surface area contributed by atoms with Gasteiger partial charge in [0.15, 0.2) is 0 Å². The van der Waals surface area contributed by atoms with Crippen LogP contribution < -0.4 is 5.73 Å². The highest BCUT2D eigenvalue weighted by atomic mass is 16.5. The Labute approximate surface area is 75.5 Å². The number of ether oxygens (including phenoxy) is 1. The summed E-state index contributed by atoms with van der Waals surface area (Å²) in [5.74, 6) is 0.748. The molecule has 1 aliphatic carbocycles. The maximum atomic E-state index is 5.91. The van der Waals surface area contributed by atoms with Gasteiger partial charge in [-0.3, -0.25) is 0 Å². The number of hydrogen-bond donors (Lipinski definition) is 1. The molecule has 2 heteroatoms. The Morgan fingerprint density at radius 3 is 2.50 bits per heavy atom. The standard InChI is InChI=1S/C10H21NO/c1-9(2)3-7-12-8-6-10(11)4-5-10/h9H,3-8,11H2,1-2H3. The zero-order chi connectivity index (χ0) is 9.03. The van der Waals surface area contributed by atoms with Crippen molar-refractivity contribution in [1.82, 2.24) is 0 Å². The molecule has 0 atom stereocenters. The second-order valence-corrected chi connectivity index (χ2v) is 4.41. The molecule has 1 saturated carbocycles. The van der Waals surface area contributed by atoms with Crippen LogP contribution in [0.25, 0.3) is 0 Å². The van der Waals surface area contributed by atoms with E-state index in [9.17, 15) is 0 Å². The predicted molar refractivity (Wildman–Crippen MR) is 51.0 cm³/mol. The smallest absolute Gasteiger partial charge is 0.0483 e. The average Bonchev–Trinajstić information content (AvgIpc) is 2.67. The Balaban J connectivity index is 1.83. The molecule has 2 N–H and O–H groups in total. The molecule has 0 aliphatic heterocycles. The number of rotatable bonds is 6. The molecule has 0 spiro atoms. The van der Waals surface area contributed by atoms with Crippen molar-refractivity contribution in [3.8, 4) is 0 Å². The third kappa shape index (κ3) is 4.07. The number of hydrogen-bond acceptors (Lipinski definition) is 2. The van der Waals surface area contributed by atoms with Crippen molar-refractivity contribution >= 4 is 0 Å². The summed E-state index contributed by atoms with van der Waals surface area (Å²) in [6.45, 7) is 6.18. The van der Waals surface area contributed by atoms with Gasteiger partial charge in [0.25, 0.3) is 0 Å². The Bertz CT molecular complexity index is 130. The first-order valence-corrected chi connectivity index (χ1v) is 4.99. The van der Waals surface area contributed by atoms with Crippen LogP contribution in [-0.4, -0.2) is 18.8 Å². The van der Waals surface area contributed by atoms with E-state index >= 15 is 0 Å². The fraction of sp³-hybridized carbons (Fsp3) is 1.00. The lowest BCUT2D eigenvalue weighted by Gasteiger charge is -2.09. The Kier molecular flexibility index (Phi) is 3.53.